The van der Waals surface area contributed by atoms with Crippen molar-refractivity contribution in [1.82, 2.24) is 15.2 Å². The van der Waals surface area contributed by atoms with E-state index in [1.54, 1.807) is 4.90 Å². The van der Waals surface area contributed by atoms with E-state index in [9.17, 15) is 14.9 Å². The number of thiazole rings is 1. The number of carbonyl (C=O) groups is 2. The predicted octanol–water partition coefficient (Wildman–Crippen LogP) is 2.28. The second-order valence-electron chi connectivity index (χ2n) is 6.52. The number of rotatable bonds is 4. The molecule has 1 fully saturated rings. The first-order valence-corrected chi connectivity index (χ1v) is 9.15. The molecule has 3 rings (SSSR count). The number of nitrogens with one attached hydrogen (secondary N) is 1. The predicted molar refractivity (Wildman–Crippen MR) is 95.9 cm³/mol. The molecule has 0 radical (unpaired) electrons. The Hall–Kier alpha value is -2.46. The Bertz CT molecular complexity index is 806. The molecule has 130 valence electrons. The number of nitrogens with zero attached hydrogens (tertiary/aromatic N) is 3. The normalized spacial score (nSPS) is 18.3. The molecular formula is C18H20N4O2S. The molecule has 0 saturated carbocycles. The number of para-hydroxylation sites is 1. The number of amides is 2. The van der Waals surface area contributed by atoms with Crippen LogP contribution < -0.4 is 5.32 Å². The largest absolute Gasteiger partial charge is 0.350 e. The summed E-state index contributed by atoms with van der Waals surface area (Å²) in [6.07, 6.45) is 0.711. The van der Waals surface area contributed by atoms with Crippen LogP contribution in [0.2, 0.25) is 0 Å². The highest BCUT2D eigenvalue weighted by molar-refractivity contribution is 7.18. The van der Waals surface area contributed by atoms with Gasteiger partial charge in [-0.05, 0) is 18.6 Å². The third-order valence-corrected chi connectivity index (χ3v) is 5.39. The highest BCUT2D eigenvalue weighted by Crippen LogP contribution is 2.27. The minimum atomic E-state index is -0.924. The monoisotopic (exact) mass is 356 g/mol. The molecule has 2 atom stereocenters. The lowest BCUT2D eigenvalue weighted by atomic mass is 10.1. The molecule has 2 amide bonds. The minimum Gasteiger partial charge on any atom is -0.350 e. The van der Waals surface area contributed by atoms with Crippen LogP contribution in [0.3, 0.4) is 0 Å². The Morgan fingerprint density at radius 3 is 2.84 bits per heavy atom. The van der Waals surface area contributed by atoms with Crippen LogP contribution in [-0.4, -0.2) is 40.8 Å². The van der Waals surface area contributed by atoms with Crippen LogP contribution in [0.5, 0.6) is 0 Å². The maximum atomic E-state index is 12.5. The molecule has 1 aromatic heterocycles. The lowest BCUT2D eigenvalue weighted by Crippen LogP contribution is -2.41. The summed E-state index contributed by atoms with van der Waals surface area (Å²) < 4.78 is 0.958. The second kappa shape index (κ2) is 7.19. The fourth-order valence-electron chi connectivity index (χ4n) is 2.97. The van der Waals surface area contributed by atoms with Gasteiger partial charge in [-0.25, -0.2) is 4.98 Å². The van der Waals surface area contributed by atoms with Crippen LogP contribution in [-0.2, 0) is 9.59 Å². The van der Waals surface area contributed by atoms with Crippen LogP contribution in [0.25, 0.3) is 10.2 Å². The van der Waals surface area contributed by atoms with E-state index in [-0.39, 0.29) is 23.8 Å². The van der Waals surface area contributed by atoms with E-state index in [0.717, 1.165) is 10.2 Å². The Kier molecular flexibility index (Phi) is 5.00. The van der Waals surface area contributed by atoms with Gasteiger partial charge in [0.1, 0.15) is 5.01 Å². The van der Waals surface area contributed by atoms with Crippen molar-refractivity contribution in [3.63, 3.8) is 0 Å². The summed E-state index contributed by atoms with van der Waals surface area (Å²) in [7, 11) is 0. The minimum absolute atomic E-state index is 0.0518. The molecule has 0 spiro atoms. The molecule has 1 aliphatic heterocycles. The summed E-state index contributed by atoms with van der Waals surface area (Å²) >= 11 is 1.37. The molecule has 7 heteroatoms. The standard InChI is InChI=1S/C18H20N4O2S/c1-11(2)18(24)22-8-7-12(10-22)20-16(23)13(9-19)17-21-14-5-3-4-6-15(14)25-17/h3-6,11-13H,7-8,10H2,1-2H3,(H,20,23). The number of carbonyl (C=O) groups excluding carboxylic acids is 2. The summed E-state index contributed by atoms with van der Waals surface area (Å²) in [6.45, 7) is 4.88. The summed E-state index contributed by atoms with van der Waals surface area (Å²) in [5, 5.41) is 12.9. The van der Waals surface area contributed by atoms with Crippen molar-refractivity contribution in [3.8, 4) is 6.07 Å². The SMILES string of the molecule is CC(C)C(=O)N1CCC(NC(=O)C(C#N)c2nc3ccccc3s2)C1. The van der Waals surface area contributed by atoms with Crippen molar-refractivity contribution < 1.29 is 9.59 Å². The zero-order valence-corrected chi connectivity index (χ0v) is 15.0. The highest BCUT2D eigenvalue weighted by Gasteiger charge is 2.31. The van der Waals surface area contributed by atoms with E-state index in [2.05, 4.69) is 16.4 Å². The second-order valence-corrected chi connectivity index (χ2v) is 7.58. The summed E-state index contributed by atoms with van der Waals surface area (Å²) in [6, 6.07) is 9.53. The zero-order valence-electron chi connectivity index (χ0n) is 14.2. The molecule has 2 unspecified atom stereocenters. The van der Waals surface area contributed by atoms with E-state index >= 15 is 0 Å². The first-order valence-electron chi connectivity index (χ1n) is 8.34. The van der Waals surface area contributed by atoms with Gasteiger partial charge < -0.3 is 10.2 Å². The highest BCUT2D eigenvalue weighted by atomic mass is 32.1. The van der Waals surface area contributed by atoms with Gasteiger partial charge in [-0.2, -0.15) is 5.26 Å². The molecule has 1 aromatic carbocycles. The summed E-state index contributed by atoms with van der Waals surface area (Å²) in [4.78, 5) is 30.8. The topological polar surface area (TPSA) is 86.1 Å². The van der Waals surface area contributed by atoms with Gasteiger partial charge in [-0.1, -0.05) is 26.0 Å². The first-order chi connectivity index (χ1) is 12.0. The lowest BCUT2D eigenvalue weighted by Gasteiger charge is -2.19. The van der Waals surface area contributed by atoms with Crippen LogP contribution in [0.1, 0.15) is 31.2 Å². The van der Waals surface area contributed by atoms with E-state index in [0.29, 0.717) is 24.5 Å². The Morgan fingerprint density at radius 2 is 2.16 bits per heavy atom. The van der Waals surface area contributed by atoms with Crippen molar-refractivity contribution in [1.29, 1.82) is 5.26 Å². The van der Waals surface area contributed by atoms with Gasteiger partial charge in [0.2, 0.25) is 11.8 Å². The smallest absolute Gasteiger partial charge is 0.244 e. The molecule has 0 aliphatic carbocycles. The Balaban J connectivity index is 1.67. The molecule has 1 aliphatic rings. The van der Waals surface area contributed by atoms with Gasteiger partial charge in [0.05, 0.1) is 16.3 Å². The van der Waals surface area contributed by atoms with Crippen molar-refractivity contribution in [3.05, 3.63) is 29.3 Å². The molecule has 2 aromatic rings. The number of aromatic nitrogens is 1. The van der Waals surface area contributed by atoms with Crippen LogP contribution in [0, 0.1) is 17.2 Å². The van der Waals surface area contributed by atoms with Crippen LogP contribution in [0.15, 0.2) is 24.3 Å². The number of hydrogen-bond acceptors (Lipinski definition) is 5. The third kappa shape index (κ3) is 3.64. The summed E-state index contributed by atoms with van der Waals surface area (Å²) in [5.41, 5.74) is 0.796. The number of hydrogen-bond donors (Lipinski definition) is 1. The maximum Gasteiger partial charge on any atom is 0.244 e. The average Bonchev–Trinajstić information content (AvgIpc) is 3.21. The van der Waals surface area contributed by atoms with Crippen molar-refractivity contribution >= 4 is 33.4 Å². The molecular weight excluding hydrogens is 336 g/mol. The molecule has 6 nitrogen and oxygen atoms in total. The van der Waals surface area contributed by atoms with Gasteiger partial charge in [0.25, 0.3) is 0 Å². The van der Waals surface area contributed by atoms with E-state index in [4.69, 9.17) is 0 Å². The van der Waals surface area contributed by atoms with Crippen molar-refractivity contribution in [2.45, 2.75) is 32.2 Å². The van der Waals surface area contributed by atoms with Gasteiger partial charge in [0.15, 0.2) is 5.92 Å². The van der Waals surface area contributed by atoms with Gasteiger partial charge in [0, 0.05) is 25.0 Å². The average molecular weight is 356 g/mol. The zero-order chi connectivity index (χ0) is 18.0. The lowest BCUT2D eigenvalue weighted by molar-refractivity contribution is -0.133. The number of benzene rings is 1. The Labute approximate surface area is 150 Å². The molecule has 25 heavy (non-hydrogen) atoms. The number of fused-ring (bicyclic) bond motifs is 1. The van der Waals surface area contributed by atoms with Gasteiger partial charge >= 0.3 is 0 Å². The van der Waals surface area contributed by atoms with E-state index in [1.165, 1.54) is 11.3 Å². The third-order valence-electron chi connectivity index (χ3n) is 4.29. The number of likely N-dealkylation sites (tertiary alicyclic amines) is 1. The van der Waals surface area contributed by atoms with Crippen LogP contribution >= 0.6 is 11.3 Å². The first kappa shape index (κ1) is 17.4. The fourth-order valence-corrected chi connectivity index (χ4v) is 3.98. The summed E-state index contributed by atoms with van der Waals surface area (Å²) in [5.74, 6) is -1.22. The van der Waals surface area contributed by atoms with Crippen LogP contribution in [0.4, 0.5) is 0 Å². The fraction of sp³-hybridized carbons (Fsp3) is 0.444. The molecule has 1 saturated heterocycles. The number of nitriles is 1. The Morgan fingerprint density at radius 1 is 1.40 bits per heavy atom. The molecule has 2 heterocycles. The van der Waals surface area contributed by atoms with E-state index in [1.807, 2.05) is 38.1 Å². The van der Waals surface area contributed by atoms with Gasteiger partial charge in [-0.15, -0.1) is 11.3 Å². The van der Waals surface area contributed by atoms with Gasteiger partial charge in [-0.3, -0.25) is 9.59 Å². The van der Waals surface area contributed by atoms with Crippen molar-refractivity contribution in [2.24, 2.45) is 5.92 Å². The molecule has 1 N–H and O–H groups in total. The maximum absolute atomic E-state index is 12.5. The van der Waals surface area contributed by atoms with E-state index < -0.39 is 5.92 Å². The van der Waals surface area contributed by atoms with Crippen molar-refractivity contribution in [2.75, 3.05) is 13.1 Å². The molecule has 0 bridgehead atoms. The quantitative estimate of drug-likeness (QED) is 0.910.